The number of carbonyl (C=O) groups excluding carboxylic acids is 1. The highest BCUT2D eigenvalue weighted by molar-refractivity contribution is 7.10. The van der Waals surface area contributed by atoms with Gasteiger partial charge in [-0.3, -0.25) is 4.79 Å². The summed E-state index contributed by atoms with van der Waals surface area (Å²) in [6.07, 6.45) is 0.483. The number of hydrogen-bond acceptors (Lipinski definition) is 4. The molecule has 0 saturated carbocycles. The quantitative estimate of drug-likeness (QED) is 0.600. The van der Waals surface area contributed by atoms with Crippen molar-refractivity contribution < 1.29 is 14.7 Å². The molecule has 6 heteroatoms. The molecule has 0 radical (unpaired) electrons. The standard InChI is InChI=1S/C10H10N2O3S/c1-7(13)11-5-3-2-4-8-9(10(14)15)12-6-16-8/h6H,3,5H2,1H3,(H,11,13)(H,14,15). The molecule has 2 N–H and O–H groups in total. The van der Waals surface area contributed by atoms with Crippen molar-refractivity contribution >= 4 is 23.2 Å². The summed E-state index contributed by atoms with van der Waals surface area (Å²) < 4.78 is 0. The van der Waals surface area contributed by atoms with Crippen molar-refractivity contribution in [2.24, 2.45) is 0 Å². The van der Waals surface area contributed by atoms with E-state index in [1.807, 2.05) is 0 Å². The molecule has 0 spiro atoms. The smallest absolute Gasteiger partial charge is 0.356 e. The lowest BCUT2D eigenvalue weighted by molar-refractivity contribution is -0.118. The second-order valence-electron chi connectivity index (χ2n) is 2.87. The van der Waals surface area contributed by atoms with Gasteiger partial charge in [0.15, 0.2) is 5.69 Å². The lowest BCUT2D eigenvalue weighted by atomic mass is 10.3. The van der Waals surface area contributed by atoms with Gasteiger partial charge in [-0.2, -0.15) is 0 Å². The van der Waals surface area contributed by atoms with Crippen LogP contribution in [0.1, 0.15) is 28.7 Å². The number of hydrogen-bond donors (Lipinski definition) is 2. The average Bonchev–Trinajstić information content (AvgIpc) is 2.65. The average molecular weight is 238 g/mol. The number of nitrogens with zero attached hydrogens (tertiary/aromatic N) is 1. The van der Waals surface area contributed by atoms with Gasteiger partial charge in [0.1, 0.15) is 4.88 Å². The third kappa shape index (κ3) is 3.71. The summed E-state index contributed by atoms with van der Waals surface area (Å²) in [5.41, 5.74) is 1.43. The SMILES string of the molecule is CC(=O)NCCC#Cc1scnc1C(=O)O. The minimum atomic E-state index is -1.08. The lowest BCUT2D eigenvalue weighted by Crippen LogP contribution is -2.20. The van der Waals surface area contributed by atoms with Gasteiger partial charge in [-0.1, -0.05) is 11.8 Å². The number of carboxylic acids is 1. The van der Waals surface area contributed by atoms with Crippen molar-refractivity contribution in [1.82, 2.24) is 10.3 Å². The molecular weight excluding hydrogens is 228 g/mol. The van der Waals surface area contributed by atoms with E-state index < -0.39 is 5.97 Å². The van der Waals surface area contributed by atoms with E-state index in [1.165, 1.54) is 23.8 Å². The lowest BCUT2D eigenvalue weighted by Gasteiger charge is -1.94. The molecule has 0 saturated heterocycles. The van der Waals surface area contributed by atoms with Crippen LogP contribution in [-0.2, 0) is 4.79 Å². The third-order valence-electron chi connectivity index (χ3n) is 1.60. The van der Waals surface area contributed by atoms with Gasteiger partial charge < -0.3 is 10.4 Å². The highest BCUT2D eigenvalue weighted by Gasteiger charge is 2.10. The molecule has 0 aliphatic carbocycles. The van der Waals surface area contributed by atoms with Crippen LogP contribution in [0.25, 0.3) is 0 Å². The van der Waals surface area contributed by atoms with Gasteiger partial charge in [0.2, 0.25) is 5.91 Å². The molecule has 0 unspecified atom stereocenters. The van der Waals surface area contributed by atoms with Crippen LogP contribution in [0.15, 0.2) is 5.51 Å². The van der Waals surface area contributed by atoms with E-state index in [0.717, 1.165) is 0 Å². The molecule has 1 aromatic rings. The molecule has 0 aliphatic heterocycles. The summed E-state index contributed by atoms with van der Waals surface area (Å²) in [4.78, 5) is 25.3. The number of aromatic nitrogens is 1. The fourth-order valence-corrected chi connectivity index (χ4v) is 1.58. The number of aromatic carboxylic acids is 1. The Kier molecular flexibility index (Phi) is 4.48. The van der Waals surface area contributed by atoms with Gasteiger partial charge in [-0.05, 0) is 0 Å². The molecule has 1 heterocycles. The first-order valence-corrected chi connectivity index (χ1v) is 5.39. The number of amides is 1. The number of thiazole rings is 1. The molecule has 0 aromatic carbocycles. The number of carbonyl (C=O) groups is 2. The van der Waals surface area contributed by atoms with Gasteiger partial charge in [-0.25, -0.2) is 9.78 Å². The second kappa shape index (κ2) is 5.88. The summed E-state index contributed by atoms with van der Waals surface area (Å²) in [5.74, 6) is 4.32. The van der Waals surface area contributed by atoms with E-state index in [0.29, 0.717) is 17.8 Å². The van der Waals surface area contributed by atoms with E-state index in [4.69, 9.17) is 5.11 Å². The van der Waals surface area contributed by atoms with Crippen molar-refractivity contribution in [2.75, 3.05) is 6.54 Å². The van der Waals surface area contributed by atoms with Crippen LogP contribution >= 0.6 is 11.3 Å². The molecule has 0 fully saturated rings. The maximum atomic E-state index is 10.7. The Morgan fingerprint density at radius 2 is 2.38 bits per heavy atom. The van der Waals surface area contributed by atoms with Crippen molar-refractivity contribution in [1.29, 1.82) is 0 Å². The van der Waals surface area contributed by atoms with Crippen LogP contribution in [0.2, 0.25) is 0 Å². The fraction of sp³-hybridized carbons (Fsp3) is 0.300. The largest absolute Gasteiger partial charge is 0.476 e. The van der Waals surface area contributed by atoms with Gasteiger partial charge in [0.25, 0.3) is 0 Å². The number of carboxylic acid groups (broad SMARTS) is 1. The van der Waals surface area contributed by atoms with E-state index in [1.54, 1.807) is 0 Å². The molecule has 1 aromatic heterocycles. The van der Waals surface area contributed by atoms with E-state index >= 15 is 0 Å². The minimum Gasteiger partial charge on any atom is -0.476 e. The summed E-state index contributed by atoms with van der Waals surface area (Å²) >= 11 is 1.19. The van der Waals surface area contributed by atoms with E-state index in [2.05, 4.69) is 22.1 Å². The number of nitrogens with one attached hydrogen (secondary N) is 1. The van der Waals surface area contributed by atoms with Gasteiger partial charge in [0.05, 0.1) is 5.51 Å². The molecule has 16 heavy (non-hydrogen) atoms. The predicted octanol–water partition coefficient (Wildman–Crippen LogP) is 0.719. The molecule has 1 amide bonds. The molecular formula is C10H10N2O3S. The summed E-state index contributed by atoms with van der Waals surface area (Å²) in [7, 11) is 0. The summed E-state index contributed by atoms with van der Waals surface area (Å²) in [6, 6.07) is 0. The van der Waals surface area contributed by atoms with Gasteiger partial charge >= 0.3 is 5.97 Å². The first kappa shape index (κ1) is 12.2. The molecule has 0 bridgehead atoms. The maximum Gasteiger partial charge on any atom is 0.356 e. The summed E-state index contributed by atoms with van der Waals surface area (Å²) in [5, 5.41) is 11.3. The van der Waals surface area contributed by atoms with Crippen LogP contribution in [0.5, 0.6) is 0 Å². The van der Waals surface area contributed by atoms with Crippen molar-refractivity contribution in [3.05, 3.63) is 16.1 Å². The highest BCUT2D eigenvalue weighted by atomic mass is 32.1. The Morgan fingerprint density at radius 3 is 3.00 bits per heavy atom. The molecule has 84 valence electrons. The van der Waals surface area contributed by atoms with Crippen molar-refractivity contribution in [3.63, 3.8) is 0 Å². The zero-order valence-electron chi connectivity index (χ0n) is 8.61. The molecule has 5 nitrogen and oxygen atoms in total. The second-order valence-corrected chi connectivity index (χ2v) is 3.72. The number of rotatable bonds is 3. The van der Waals surface area contributed by atoms with Gasteiger partial charge in [-0.15, -0.1) is 11.3 Å². The molecule has 1 rings (SSSR count). The molecule has 0 aliphatic rings. The van der Waals surface area contributed by atoms with Crippen molar-refractivity contribution in [3.8, 4) is 11.8 Å². The Labute approximate surface area is 96.5 Å². The van der Waals surface area contributed by atoms with Crippen LogP contribution < -0.4 is 5.32 Å². The zero-order valence-corrected chi connectivity index (χ0v) is 9.43. The maximum absolute atomic E-state index is 10.7. The Morgan fingerprint density at radius 1 is 1.62 bits per heavy atom. The van der Waals surface area contributed by atoms with Crippen LogP contribution in [0.4, 0.5) is 0 Å². The van der Waals surface area contributed by atoms with E-state index in [-0.39, 0.29) is 11.6 Å². The predicted molar refractivity (Wildman–Crippen MR) is 59.3 cm³/mol. The van der Waals surface area contributed by atoms with Crippen molar-refractivity contribution in [2.45, 2.75) is 13.3 Å². The fourth-order valence-electron chi connectivity index (χ4n) is 0.931. The first-order valence-electron chi connectivity index (χ1n) is 4.51. The molecule has 0 atom stereocenters. The minimum absolute atomic E-state index is 0.0166. The highest BCUT2D eigenvalue weighted by Crippen LogP contribution is 2.11. The normalized spacial score (nSPS) is 9.06. The summed E-state index contributed by atoms with van der Waals surface area (Å²) in [6.45, 7) is 1.89. The Balaban J connectivity index is 2.53. The third-order valence-corrected chi connectivity index (χ3v) is 2.34. The van der Waals surface area contributed by atoms with Crippen LogP contribution in [0.3, 0.4) is 0 Å². The van der Waals surface area contributed by atoms with Crippen LogP contribution in [-0.4, -0.2) is 28.5 Å². The Bertz CT molecular complexity index is 456. The Hall–Kier alpha value is -1.87. The van der Waals surface area contributed by atoms with E-state index in [9.17, 15) is 9.59 Å². The van der Waals surface area contributed by atoms with Gasteiger partial charge in [0, 0.05) is 19.9 Å². The van der Waals surface area contributed by atoms with Crippen LogP contribution in [0, 0.1) is 11.8 Å². The topological polar surface area (TPSA) is 79.3 Å². The monoisotopic (exact) mass is 238 g/mol. The zero-order chi connectivity index (χ0) is 12.0. The first-order chi connectivity index (χ1) is 7.61.